The highest BCUT2D eigenvalue weighted by atomic mass is 16.3. The van der Waals surface area contributed by atoms with Crippen LogP contribution in [-0.2, 0) is 0 Å². The van der Waals surface area contributed by atoms with Crippen molar-refractivity contribution in [2.24, 2.45) is 0 Å². The SMILES string of the molecule is O=C(/C=C/NC1CCNC1)c1ccccc1O. The van der Waals surface area contributed by atoms with Gasteiger partial charge in [-0.3, -0.25) is 4.79 Å². The standard InChI is InChI=1S/C13H16N2O2/c16-12-4-2-1-3-11(12)13(17)6-8-15-10-5-7-14-9-10/h1-4,6,8,10,14-16H,5,7,9H2/b8-6+. The van der Waals surface area contributed by atoms with E-state index in [4.69, 9.17) is 0 Å². The topological polar surface area (TPSA) is 61.4 Å². The Balaban J connectivity index is 1.92. The Kier molecular flexibility index (Phi) is 3.77. The van der Waals surface area contributed by atoms with Crippen LogP contribution in [0.5, 0.6) is 5.75 Å². The minimum atomic E-state index is -0.193. The van der Waals surface area contributed by atoms with Crippen LogP contribution in [0.1, 0.15) is 16.8 Å². The van der Waals surface area contributed by atoms with Gasteiger partial charge in [-0.1, -0.05) is 12.1 Å². The van der Waals surface area contributed by atoms with E-state index in [1.54, 1.807) is 24.4 Å². The predicted octanol–water partition coefficient (Wildman–Crippen LogP) is 1.04. The van der Waals surface area contributed by atoms with Gasteiger partial charge in [0.15, 0.2) is 5.78 Å². The van der Waals surface area contributed by atoms with Gasteiger partial charge >= 0.3 is 0 Å². The molecule has 0 bridgehead atoms. The fourth-order valence-corrected chi connectivity index (χ4v) is 1.83. The fraction of sp³-hybridized carbons (Fsp3) is 0.308. The molecule has 1 aliphatic heterocycles. The predicted molar refractivity (Wildman–Crippen MR) is 66.0 cm³/mol. The van der Waals surface area contributed by atoms with Crippen molar-refractivity contribution in [3.8, 4) is 5.75 Å². The minimum absolute atomic E-state index is 0.0182. The van der Waals surface area contributed by atoms with Crippen LogP contribution in [0, 0.1) is 0 Å². The summed E-state index contributed by atoms with van der Waals surface area (Å²) in [5.74, 6) is -0.175. The van der Waals surface area contributed by atoms with E-state index in [9.17, 15) is 9.90 Å². The molecular formula is C13H16N2O2. The van der Waals surface area contributed by atoms with Crippen LogP contribution in [0.25, 0.3) is 0 Å². The first kappa shape index (κ1) is 11.7. The van der Waals surface area contributed by atoms with Crippen molar-refractivity contribution in [3.63, 3.8) is 0 Å². The van der Waals surface area contributed by atoms with Crippen LogP contribution in [0.15, 0.2) is 36.5 Å². The van der Waals surface area contributed by atoms with E-state index in [-0.39, 0.29) is 11.5 Å². The van der Waals surface area contributed by atoms with Gasteiger partial charge in [0, 0.05) is 24.9 Å². The first-order valence-corrected chi connectivity index (χ1v) is 5.73. The van der Waals surface area contributed by atoms with Gasteiger partial charge in [-0.2, -0.15) is 0 Å². The summed E-state index contributed by atoms with van der Waals surface area (Å²) in [7, 11) is 0. The number of nitrogens with one attached hydrogen (secondary N) is 2. The highest BCUT2D eigenvalue weighted by Gasteiger charge is 2.12. The van der Waals surface area contributed by atoms with E-state index < -0.39 is 0 Å². The monoisotopic (exact) mass is 232 g/mol. The van der Waals surface area contributed by atoms with E-state index in [2.05, 4.69) is 10.6 Å². The number of ketones is 1. The van der Waals surface area contributed by atoms with Crippen LogP contribution >= 0.6 is 0 Å². The molecule has 1 heterocycles. The Labute approximate surface area is 100 Å². The van der Waals surface area contributed by atoms with Crippen molar-refractivity contribution in [1.29, 1.82) is 0 Å². The lowest BCUT2D eigenvalue weighted by Crippen LogP contribution is -2.26. The highest BCUT2D eigenvalue weighted by molar-refractivity contribution is 6.06. The second kappa shape index (κ2) is 5.50. The number of rotatable bonds is 4. The van der Waals surface area contributed by atoms with Crippen molar-refractivity contribution in [2.45, 2.75) is 12.5 Å². The Morgan fingerprint density at radius 1 is 1.47 bits per heavy atom. The molecule has 2 rings (SSSR count). The fourth-order valence-electron chi connectivity index (χ4n) is 1.83. The summed E-state index contributed by atoms with van der Waals surface area (Å²) in [4.78, 5) is 11.7. The molecule has 4 nitrogen and oxygen atoms in total. The van der Waals surface area contributed by atoms with Crippen molar-refractivity contribution >= 4 is 5.78 Å². The molecule has 3 N–H and O–H groups in total. The number of hydrogen-bond donors (Lipinski definition) is 3. The van der Waals surface area contributed by atoms with Crippen LogP contribution in [0.2, 0.25) is 0 Å². The van der Waals surface area contributed by atoms with Gasteiger partial charge in [-0.25, -0.2) is 0 Å². The summed E-state index contributed by atoms with van der Waals surface area (Å²) in [6, 6.07) is 6.94. The number of allylic oxidation sites excluding steroid dienone is 1. The van der Waals surface area contributed by atoms with Gasteiger partial charge in [0.2, 0.25) is 0 Å². The van der Waals surface area contributed by atoms with E-state index in [0.717, 1.165) is 19.5 Å². The summed E-state index contributed by atoms with van der Waals surface area (Å²) < 4.78 is 0. The zero-order valence-corrected chi connectivity index (χ0v) is 9.52. The molecule has 0 aromatic heterocycles. The van der Waals surface area contributed by atoms with E-state index in [1.165, 1.54) is 12.1 Å². The first-order chi connectivity index (χ1) is 8.27. The molecule has 0 radical (unpaired) electrons. The third-order valence-corrected chi connectivity index (χ3v) is 2.80. The number of para-hydroxylation sites is 1. The summed E-state index contributed by atoms with van der Waals surface area (Å²) in [5, 5.41) is 15.9. The van der Waals surface area contributed by atoms with Gasteiger partial charge in [0.25, 0.3) is 0 Å². The molecule has 90 valence electrons. The van der Waals surface area contributed by atoms with Gasteiger partial charge in [-0.15, -0.1) is 0 Å². The van der Waals surface area contributed by atoms with E-state index in [0.29, 0.717) is 11.6 Å². The Morgan fingerprint density at radius 2 is 2.29 bits per heavy atom. The van der Waals surface area contributed by atoms with Crippen molar-refractivity contribution < 1.29 is 9.90 Å². The molecular weight excluding hydrogens is 216 g/mol. The molecule has 1 aliphatic rings. The number of phenolic OH excluding ortho intramolecular Hbond substituents is 1. The summed E-state index contributed by atoms with van der Waals surface area (Å²) in [6.07, 6.45) is 4.18. The average Bonchev–Trinajstić information content (AvgIpc) is 2.82. The number of aromatic hydroxyl groups is 1. The average molecular weight is 232 g/mol. The number of benzene rings is 1. The Hall–Kier alpha value is -1.81. The maximum Gasteiger partial charge on any atom is 0.190 e. The van der Waals surface area contributed by atoms with Crippen LogP contribution in [0.4, 0.5) is 0 Å². The van der Waals surface area contributed by atoms with Gasteiger partial charge < -0.3 is 15.7 Å². The van der Waals surface area contributed by atoms with Crippen LogP contribution < -0.4 is 10.6 Å². The van der Waals surface area contributed by atoms with Gasteiger partial charge in [0.05, 0.1) is 5.56 Å². The van der Waals surface area contributed by atoms with Gasteiger partial charge in [0.1, 0.15) is 5.75 Å². The first-order valence-electron chi connectivity index (χ1n) is 5.73. The molecule has 1 fully saturated rings. The molecule has 4 heteroatoms. The summed E-state index contributed by atoms with van der Waals surface area (Å²) in [5.41, 5.74) is 0.329. The number of hydrogen-bond acceptors (Lipinski definition) is 4. The molecule has 0 saturated carbocycles. The zero-order chi connectivity index (χ0) is 12.1. The molecule has 1 aromatic carbocycles. The molecule has 17 heavy (non-hydrogen) atoms. The van der Waals surface area contributed by atoms with Crippen molar-refractivity contribution in [3.05, 3.63) is 42.1 Å². The summed E-state index contributed by atoms with van der Waals surface area (Å²) in [6.45, 7) is 1.94. The lowest BCUT2D eigenvalue weighted by atomic mass is 10.1. The molecule has 0 aliphatic carbocycles. The minimum Gasteiger partial charge on any atom is -0.507 e. The quantitative estimate of drug-likeness (QED) is 0.536. The molecule has 1 saturated heterocycles. The Morgan fingerprint density at radius 3 is 3.00 bits per heavy atom. The molecule has 0 spiro atoms. The molecule has 1 atom stereocenters. The van der Waals surface area contributed by atoms with Gasteiger partial charge in [-0.05, 0) is 25.1 Å². The number of phenols is 1. The van der Waals surface area contributed by atoms with E-state index >= 15 is 0 Å². The van der Waals surface area contributed by atoms with Crippen molar-refractivity contribution in [1.82, 2.24) is 10.6 Å². The normalized spacial score (nSPS) is 19.6. The molecule has 1 aromatic rings. The lowest BCUT2D eigenvalue weighted by Gasteiger charge is -2.07. The maximum atomic E-state index is 11.7. The van der Waals surface area contributed by atoms with Crippen LogP contribution in [-0.4, -0.2) is 30.0 Å². The third kappa shape index (κ3) is 3.07. The maximum absolute atomic E-state index is 11.7. The highest BCUT2D eigenvalue weighted by Crippen LogP contribution is 2.16. The molecule has 1 unspecified atom stereocenters. The second-order valence-corrected chi connectivity index (χ2v) is 4.07. The smallest absolute Gasteiger partial charge is 0.190 e. The molecule has 0 amide bonds. The van der Waals surface area contributed by atoms with E-state index in [1.807, 2.05) is 0 Å². The number of carbonyl (C=O) groups excluding carboxylic acids is 1. The third-order valence-electron chi connectivity index (χ3n) is 2.80. The largest absolute Gasteiger partial charge is 0.507 e. The number of carbonyl (C=O) groups is 1. The zero-order valence-electron chi connectivity index (χ0n) is 9.52. The summed E-state index contributed by atoms with van der Waals surface area (Å²) >= 11 is 0. The van der Waals surface area contributed by atoms with Crippen LogP contribution in [0.3, 0.4) is 0 Å². The second-order valence-electron chi connectivity index (χ2n) is 4.07. The van der Waals surface area contributed by atoms with Crippen molar-refractivity contribution in [2.75, 3.05) is 13.1 Å². The lowest BCUT2D eigenvalue weighted by molar-refractivity contribution is 0.104. The Bertz CT molecular complexity index is 423.